The van der Waals surface area contributed by atoms with E-state index >= 15 is 0 Å². The monoisotopic (exact) mass is 290 g/mol. The van der Waals surface area contributed by atoms with Crippen LogP contribution in [0.1, 0.15) is 5.56 Å². The second kappa shape index (κ2) is 6.72. The van der Waals surface area contributed by atoms with E-state index < -0.39 is 0 Å². The summed E-state index contributed by atoms with van der Waals surface area (Å²) in [5.74, 6) is 1.10. The molecule has 1 aromatic heterocycles. The number of amides is 1. The van der Waals surface area contributed by atoms with Crippen LogP contribution in [0.25, 0.3) is 6.08 Å². The number of ether oxygens (including phenoxy) is 2. The van der Waals surface area contributed by atoms with Crippen molar-refractivity contribution in [1.82, 2.24) is 4.98 Å². The Morgan fingerprint density at radius 3 is 2.85 bits per heavy atom. The minimum absolute atomic E-state index is 0.238. The van der Waals surface area contributed by atoms with Gasteiger partial charge in [0.15, 0.2) is 5.13 Å². The van der Waals surface area contributed by atoms with Gasteiger partial charge in [-0.05, 0) is 18.2 Å². The van der Waals surface area contributed by atoms with Crippen LogP contribution in [0.15, 0.2) is 35.9 Å². The fourth-order valence-corrected chi connectivity index (χ4v) is 2.09. The molecule has 0 saturated carbocycles. The molecule has 0 atom stereocenters. The topological polar surface area (TPSA) is 60.5 Å². The molecule has 104 valence electrons. The Hall–Kier alpha value is -2.34. The van der Waals surface area contributed by atoms with Gasteiger partial charge in [-0.1, -0.05) is 0 Å². The molecule has 6 heteroatoms. The van der Waals surface area contributed by atoms with E-state index in [0.29, 0.717) is 16.6 Å². The van der Waals surface area contributed by atoms with Gasteiger partial charge in [0.1, 0.15) is 11.5 Å². The number of aromatic nitrogens is 1. The van der Waals surface area contributed by atoms with Crippen LogP contribution in [0.5, 0.6) is 11.5 Å². The molecule has 0 saturated heterocycles. The number of nitrogens with one attached hydrogen (secondary N) is 1. The summed E-state index contributed by atoms with van der Waals surface area (Å²) in [4.78, 5) is 15.7. The van der Waals surface area contributed by atoms with E-state index in [2.05, 4.69) is 10.3 Å². The van der Waals surface area contributed by atoms with Gasteiger partial charge in [0.25, 0.3) is 0 Å². The molecular formula is C14H14N2O3S. The Labute approximate surface area is 120 Å². The molecule has 0 aliphatic carbocycles. The minimum Gasteiger partial charge on any atom is -0.497 e. The quantitative estimate of drug-likeness (QED) is 0.860. The molecule has 0 aliphatic heterocycles. The largest absolute Gasteiger partial charge is 0.497 e. The van der Waals surface area contributed by atoms with E-state index in [0.717, 1.165) is 5.56 Å². The maximum absolute atomic E-state index is 11.7. The number of thiazole rings is 1. The Morgan fingerprint density at radius 1 is 1.35 bits per heavy atom. The van der Waals surface area contributed by atoms with Gasteiger partial charge in [0.2, 0.25) is 5.91 Å². The summed E-state index contributed by atoms with van der Waals surface area (Å²) in [6, 6.07) is 5.39. The zero-order chi connectivity index (χ0) is 14.4. The molecule has 1 heterocycles. The van der Waals surface area contributed by atoms with Crippen molar-refractivity contribution < 1.29 is 14.3 Å². The SMILES string of the molecule is COc1ccc(C=CC(=O)Nc2nccs2)c(OC)c1. The average molecular weight is 290 g/mol. The van der Waals surface area contributed by atoms with Gasteiger partial charge in [-0.25, -0.2) is 4.98 Å². The van der Waals surface area contributed by atoms with Crippen LogP contribution in [0.4, 0.5) is 5.13 Å². The normalized spacial score (nSPS) is 10.5. The third-order valence-electron chi connectivity index (χ3n) is 2.52. The first-order valence-electron chi connectivity index (χ1n) is 5.83. The van der Waals surface area contributed by atoms with Gasteiger partial charge in [-0.3, -0.25) is 10.1 Å². The van der Waals surface area contributed by atoms with Crippen LogP contribution >= 0.6 is 11.3 Å². The summed E-state index contributed by atoms with van der Waals surface area (Å²) in [7, 11) is 3.16. The highest BCUT2D eigenvalue weighted by Gasteiger charge is 2.04. The van der Waals surface area contributed by atoms with E-state index in [1.807, 2.05) is 6.07 Å². The maximum atomic E-state index is 11.7. The van der Waals surface area contributed by atoms with Gasteiger partial charge >= 0.3 is 0 Å². The molecule has 0 bridgehead atoms. The van der Waals surface area contributed by atoms with E-state index in [9.17, 15) is 4.79 Å². The number of anilines is 1. The van der Waals surface area contributed by atoms with Crippen LogP contribution in [-0.2, 0) is 4.79 Å². The molecular weight excluding hydrogens is 276 g/mol. The fourth-order valence-electron chi connectivity index (χ4n) is 1.55. The van der Waals surface area contributed by atoms with Crippen molar-refractivity contribution in [1.29, 1.82) is 0 Å². The highest BCUT2D eigenvalue weighted by molar-refractivity contribution is 7.13. The molecule has 0 fully saturated rings. The van der Waals surface area contributed by atoms with E-state index in [-0.39, 0.29) is 5.91 Å². The molecule has 2 aromatic rings. The van der Waals surface area contributed by atoms with Gasteiger partial charge in [0, 0.05) is 29.3 Å². The van der Waals surface area contributed by atoms with E-state index in [4.69, 9.17) is 9.47 Å². The molecule has 5 nitrogen and oxygen atoms in total. The average Bonchev–Trinajstić information content (AvgIpc) is 2.97. The molecule has 1 aromatic carbocycles. The Bertz CT molecular complexity index is 609. The number of nitrogens with zero attached hydrogens (tertiary/aromatic N) is 1. The predicted molar refractivity (Wildman–Crippen MR) is 79.3 cm³/mol. The van der Waals surface area contributed by atoms with Gasteiger partial charge in [-0.2, -0.15) is 0 Å². The second-order valence-corrected chi connectivity index (χ2v) is 4.66. The van der Waals surface area contributed by atoms with Gasteiger partial charge in [0.05, 0.1) is 14.2 Å². The lowest BCUT2D eigenvalue weighted by Gasteiger charge is -2.07. The van der Waals surface area contributed by atoms with Crippen LogP contribution < -0.4 is 14.8 Å². The summed E-state index contributed by atoms with van der Waals surface area (Å²) >= 11 is 1.37. The molecule has 0 unspecified atom stereocenters. The smallest absolute Gasteiger partial charge is 0.250 e. The van der Waals surface area contributed by atoms with Crippen molar-refractivity contribution >= 4 is 28.5 Å². The molecule has 1 N–H and O–H groups in total. The molecule has 1 amide bonds. The maximum Gasteiger partial charge on any atom is 0.250 e. The standard InChI is InChI=1S/C14H14N2O3S/c1-18-11-5-3-10(12(9-11)19-2)4-6-13(17)16-14-15-7-8-20-14/h3-9H,1-2H3,(H,15,16,17). The Morgan fingerprint density at radius 2 is 2.20 bits per heavy atom. The van der Waals surface area contributed by atoms with E-state index in [1.165, 1.54) is 17.4 Å². The summed E-state index contributed by atoms with van der Waals surface area (Å²) < 4.78 is 10.4. The summed E-state index contributed by atoms with van der Waals surface area (Å²) in [5.41, 5.74) is 0.794. The van der Waals surface area contributed by atoms with Crippen LogP contribution in [0.2, 0.25) is 0 Å². The highest BCUT2D eigenvalue weighted by Crippen LogP contribution is 2.25. The van der Waals surface area contributed by atoms with Crippen molar-refractivity contribution in [3.05, 3.63) is 41.4 Å². The lowest BCUT2D eigenvalue weighted by atomic mass is 10.1. The lowest BCUT2D eigenvalue weighted by Crippen LogP contribution is -2.07. The molecule has 0 radical (unpaired) electrons. The summed E-state index contributed by atoms with van der Waals surface area (Å²) in [5, 5.41) is 5.04. The first-order chi connectivity index (χ1) is 9.72. The van der Waals surface area contributed by atoms with Crippen LogP contribution in [0, 0.1) is 0 Å². The van der Waals surface area contributed by atoms with Gasteiger partial charge < -0.3 is 9.47 Å². The molecule has 0 aliphatic rings. The Kier molecular flexibility index (Phi) is 4.73. The number of rotatable bonds is 5. The summed E-state index contributed by atoms with van der Waals surface area (Å²) in [6.45, 7) is 0. The Balaban J connectivity index is 2.08. The van der Waals surface area contributed by atoms with Crippen LogP contribution in [0.3, 0.4) is 0 Å². The number of benzene rings is 1. The first-order valence-corrected chi connectivity index (χ1v) is 6.71. The predicted octanol–water partition coefficient (Wildman–Crippen LogP) is 2.81. The number of carbonyl (C=O) groups excluding carboxylic acids is 1. The lowest BCUT2D eigenvalue weighted by molar-refractivity contribution is -0.111. The first kappa shape index (κ1) is 14.1. The van der Waals surface area contributed by atoms with Crippen molar-refractivity contribution in [3.63, 3.8) is 0 Å². The fraction of sp³-hybridized carbons (Fsp3) is 0.143. The van der Waals surface area contributed by atoms with Gasteiger partial charge in [-0.15, -0.1) is 11.3 Å². The number of hydrogen-bond acceptors (Lipinski definition) is 5. The molecule has 2 rings (SSSR count). The van der Waals surface area contributed by atoms with Crippen molar-refractivity contribution in [2.45, 2.75) is 0 Å². The number of hydrogen-bond donors (Lipinski definition) is 1. The van der Waals surface area contributed by atoms with E-state index in [1.54, 1.807) is 44.0 Å². The van der Waals surface area contributed by atoms with Crippen molar-refractivity contribution in [2.75, 3.05) is 19.5 Å². The minimum atomic E-state index is -0.238. The molecule has 20 heavy (non-hydrogen) atoms. The second-order valence-electron chi connectivity index (χ2n) is 3.77. The van der Waals surface area contributed by atoms with Crippen LogP contribution in [-0.4, -0.2) is 25.1 Å². The molecule has 0 spiro atoms. The summed E-state index contributed by atoms with van der Waals surface area (Å²) in [6.07, 6.45) is 4.75. The number of methoxy groups -OCH3 is 2. The zero-order valence-corrected chi connectivity index (χ0v) is 11.9. The van der Waals surface area contributed by atoms with Crippen molar-refractivity contribution in [2.24, 2.45) is 0 Å². The third kappa shape index (κ3) is 3.58. The van der Waals surface area contributed by atoms with Crippen molar-refractivity contribution in [3.8, 4) is 11.5 Å². The highest BCUT2D eigenvalue weighted by atomic mass is 32.1. The third-order valence-corrected chi connectivity index (χ3v) is 3.21. The zero-order valence-electron chi connectivity index (χ0n) is 11.1. The number of carbonyl (C=O) groups is 1.